The van der Waals surface area contributed by atoms with Gasteiger partial charge in [0.1, 0.15) is 12.3 Å². The Labute approximate surface area is 147 Å². The smallest absolute Gasteiger partial charge is 0.360 e. The van der Waals surface area contributed by atoms with Gasteiger partial charge in [-0.15, -0.1) is 6.58 Å². The maximum Gasteiger partial charge on any atom is 0.416 e. The monoisotopic (exact) mass is 367 g/mol. The van der Waals surface area contributed by atoms with E-state index >= 15 is 0 Å². The van der Waals surface area contributed by atoms with Crippen molar-refractivity contribution >= 4 is 17.6 Å². The fourth-order valence-corrected chi connectivity index (χ4v) is 2.17. The van der Waals surface area contributed by atoms with Gasteiger partial charge in [-0.1, -0.05) is 17.3 Å². The molecule has 9 heteroatoms. The number of hydrogen-bond donors (Lipinski definition) is 1. The van der Waals surface area contributed by atoms with Gasteiger partial charge in [-0.05, 0) is 25.1 Å². The summed E-state index contributed by atoms with van der Waals surface area (Å²) in [5.74, 6) is -0.621. The van der Waals surface area contributed by atoms with Crippen LogP contribution < -0.4 is 5.32 Å². The molecule has 1 heterocycles. The third-order valence-electron chi connectivity index (χ3n) is 3.30. The van der Waals surface area contributed by atoms with Crippen molar-refractivity contribution in [1.82, 2.24) is 10.1 Å². The van der Waals surface area contributed by atoms with Crippen molar-refractivity contribution in [1.29, 1.82) is 0 Å². The first-order valence-corrected chi connectivity index (χ1v) is 7.51. The highest BCUT2D eigenvalue weighted by Gasteiger charge is 2.31. The second kappa shape index (κ2) is 7.85. The summed E-state index contributed by atoms with van der Waals surface area (Å²) < 4.78 is 43.3. The standard InChI is InChI=1S/C17H16F3N3O3/c1-3-7-23(10-15(24)21-14-8-11(2)26-22-14)16(25)12-5-4-6-13(9-12)17(18,19)20/h3-6,8-9H,1,7,10H2,2H3,(H,21,22,24). The zero-order valence-electron chi connectivity index (χ0n) is 13.8. The molecule has 2 aromatic rings. The maximum absolute atomic E-state index is 12.8. The lowest BCUT2D eigenvalue weighted by Crippen LogP contribution is -2.38. The summed E-state index contributed by atoms with van der Waals surface area (Å²) >= 11 is 0. The number of carbonyl (C=O) groups excluding carboxylic acids is 2. The van der Waals surface area contributed by atoms with Crippen molar-refractivity contribution in [3.05, 3.63) is 59.9 Å². The molecule has 0 spiro atoms. The van der Waals surface area contributed by atoms with Crippen LogP contribution in [0.2, 0.25) is 0 Å². The third kappa shape index (κ3) is 4.95. The fourth-order valence-electron chi connectivity index (χ4n) is 2.17. The first kappa shape index (κ1) is 19.2. The molecule has 0 fully saturated rings. The minimum atomic E-state index is -4.57. The van der Waals surface area contributed by atoms with Crippen LogP contribution in [0.4, 0.5) is 19.0 Å². The summed E-state index contributed by atoms with van der Waals surface area (Å²) in [6, 6.07) is 5.50. The summed E-state index contributed by atoms with van der Waals surface area (Å²) in [6.07, 6.45) is -3.19. The molecule has 26 heavy (non-hydrogen) atoms. The molecule has 0 aliphatic heterocycles. The van der Waals surface area contributed by atoms with E-state index in [4.69, 9.17) is 4.52 Å². The number of hydrogen-bond acceptors (Lipinski definition) is 4. The van der Waals surface area contributed by atoms with Crippen LogP contribution in [-0.4, -0.2) is 35.0 Å². The maximum atomic E-state index is 12.8. The highest BCUT2D eigenvalue weighted by atomic mass is 19.4. The molecule has 0 saturated heterocycles. The molecule has 0 aliphatic rings. The lowest BCUT2D eigenvalue weighted by Gasteiger charge is -2.21. The van der Waals surface area contributed by atoms with Gasteiger partial charge in [0.15, 0.2) is 5.82 Å². The highest BCUT2D eigenvalue weighted by molar-refractivity contribution is 5.99. The summed E-state index contributed by atoms with van der Waals surface area (Å²) in [5, 5.41) is 6.04. The Morgan fingerprint density at radius 2 is 2.08 bits per heavy atom. The summed E-state index contributed by atoms with van der Waals surface area (Å²) in [4.78, 5) is 25.6. The van der Waals surface area contributed by atoms with E-state index < -0.39 is 23.6 Å². The molecular weight excluding hydrogens is 351 g/mol. The second-order valence-electron chi connectivity index (χ2n) is 5.42. The molecule has 0 atom stereocenters. The lowest BCUT2D eigenvalue weighted by molar-refractivity contribution is -0.137. The number of nitrogens with zero attached hydrogens (tertiary/aromatic N) is 2. The van der Waals surface area contributed by atoms with Crippen molar-refractivity contribution in [2.45, 2.75) is 13.1 Å². The van der Waals surface area contributed by atoms with Crippen molar-refractivity contribution in [2.75, 3.05) is 18.4 Å². The van der Waals surface area contributed by atoms with Gasteiger partial charge in [-0.3, -0.25) is 9.59 Å². The van der Waals surface area contributed by atoms with E-state index in [0.29, 0.717) is 5.76 Å². The molecule has 2 rings (SSSR count). The van der Waals surface area contributed by atoms with Gasteiger partial charge in [0.2, 0.25) is 5.91 Å². The number of amides is 2. The number of alkyl halides is 3. The van der Waals surface area contributed by atoms with Crippen LogP contribution in [0, 0.1) is 6.92 Å². The van der Waals surface area contributed by atoms with Crippen molar-refractivity contribution in [2.24, 2.45) is 0 Å². The molecule has 138 valence electrons. The Bertz CT molecular complexity index is 815. The van der Waals surface area contributed by atoms with Gasteiger partial charge >= 0.3 is 6.18 Å². The van der Waals surface area contributed by atoms with Gasteiger partial charge in [0.25, 0.3) is 5.91 Å². The Morgan fingerprint density at radius 3 is 2.65 bits per heavy atom. The first-order valence-electron chi connectivity index (χ1n) is 7.51. The zero-order valence-corrected chi connectivity index (χ0v) is 13.8. The van der Waals surface area contributed by atoms with E-state index in [1.165, 1.54) is 18.2 Å². The van der Waals surface area contributed by atoms with Crippen molar-refractivity contribution in [3.63, 3.8) is 0 Å². The predicted octanol–water partition coefficient (Wildman–Crippen LogP) is 3.27. The predicted molar refractivity (Wildman–Crippen MR) is 87.4 cm³/mol. The van der Waals surface area contributed by atoms with Crippen LogP contribution in [0.3, 0.4) is 0 Å². The zero-order chi connectivity index (χ0) is 19.3. The third-order valence-corrected chi connectivity index (χ3v) is 3.30. The molecule has 1 aromatic carbocycles. The van der Waals surface area contributed by atoms with Gasteiger partial charge in [0, 0.05) is 18.2 Å². The van der Waals surface area contributed by atoms with E-state index in [9.17, 15) is 22.8 Å². The number of carbonyl (C=O) groups is 2. The van der Waals surface area contributed by atoms with Gasteiger partial charge in [-0.25, -0.2) is 0 Å². The molecular formula is C17H16F3N3O3. The average molecular weight is 367 g/mol. The van der Waals surface area contributed by atoms with Crippen LogP contribution in [0.5, 0.6) is 0 Å². The number of anilines is 1. The molecule has 2 amide bonds. The Morgan fingerprint density at radius 1 is 1.35 bits per heavy atom. The Balaban J connectivity index is 2.14. The summed E-state index contributed by atoms with van der Waals surface area (Å²) in [6.45, 7) is 4.74. The van der Waals surface area contributed by atoms with E-state index in [1.807, 2.05) is 0 Å². The van der Waals surface area contributed by atoms with E-state index in [0.717, 1.165) is 23.1 Å². The minimum Gasteiger partial charge on any atom is -0.360 e. The number of halogens is 3. The van der Waals surface area contributed by atoms with Gasteiger partial charge < -0.3 is 14.7 Å². The van der Waals surface area contributed by atoms with Crippen LogP contribution >= 0.6 is 0 Å². The molecule has 0 bridgehead atoms. The Hall–Kier alpha value is -3.10. The van der Waals surface area contributed by atoms with Crippen LogP contribution in [0.25, 0.3) is 0 Å². The highest BCUT2D eigenvalue weighted by Crippen LogP contribution is 2.29. The fraction of sp³-hybridized carbons (Fsp3) is 0.235. The SMILES string of the molecule is C=CCN(CC(=O)Nc1cc(C)on1)C(=O)c1cccc(C(F)(F)F)c1. The Kier molecular flexibility index (Phi) is 5.81. The molecule has 1 aromatic heterocycles. The largest absolute Gasteiger partial charge is 0.416 e. The van der Waals surface area contributed by atoms with Crippen molar-refractivity contribution < 1.29 is 27.3 Å². The summed E-state index contributed by atoms with van der Waals surface area (Å²) in [5.41, 5.74) is -1.11. The molecule has 0 radical (unpaired) electrons. The summed E-state index contributed by atoms with van der Waals surface area (Å²) in [7, 11) is 0. The number of aryl methyl sites for hydroxylation is 1. The van der Waals surface area contributed by atoms with E-state index in [2.05, 4.69) is 17.1 Å². The second-order valence-corrected chi connectivity index (χ2v) is 5.42. The van der Waals surface area contributed by atoms with E-state index in [-0.39, 0.29) is 24.5 Å². The van der Waals surface area contributed by atoms with Crippen LogP contribution in [-0.2, 0) is 11.0 Å². The van der Waals surface area contributed by atoms with Crippen LogP contribution in [0.15, 0.2) is 47.5 Å². The lowest BCUT2D eigenvalue weighted by atomic mass is 10.1. The normalized spacial score (nSPS) is 11.1. The topological polar surface area (TPSA) is 75.4 Å². The number of nitrogens with one attached hydrogen (secondary N) is 1. The quantitative estimate of drug-likeness (QED) is 0.795. The average Bonchev–Trinajstić information content (AvgIpc) is 2.98. The minimum absolute atomic E-state index is 0.0135. The van der Waals surface area contributed by atoms with Gasteiger partial charge in [-0.2, -0.15) is 13.2 Å². The number of aromatic nitrogens is 1. The van der Waals surface area contributed by atoms with Crippen LogP contribution in [0.1, 0.15) is 21.7 Å². The molecule has 6 nitrogen and oxygen atoms in total. The molecule has 0 aliphatic carbocycles. The molecule has 1 N–H and O–H groups in total. The first-order chi connectivity index (χ1) is 12.2. The van der Waals surface area contributed by atoms with Gasteiger partial charge in [0.05, 0.1) is 5.56 Å². The molecule has 0 saturated carbocycles. The number of benzene rings is 1. The van der Waals surface area contributed by atoms with E-state index in [1.54, 1.807) is 6.92 Å². The van der Waals surface area contributed by atoms with Crippen molar-refractivity contribution in [3.8, 4) is 0 Å². The number of rotatable bonds is 6. The molecule has 0 unspecified atom stereocenters.